The Labute approximate surface area is 126 Å². The van der Waals surface area contributed by atoms with Gasteiger partial charge in [-0.15, -0.1) is 0 Å². The Morgan fingerprint density at radius 2 is 2.10 bits per heavy atom. The highest BCUT2D eigenvalue weighted by atomic mass is 32.2. The molecule has 0 aromatic heterocycles. The Bertz CT molecular complexity index is 585. The summed E-state index contributed by atoms with van der Waals surface area (Å²) in [5.41, 5.74) is 8.25. The van der Waals surface area contributed by atoms with Crippen molar-refractivity contribution in [3.05, 3.63) is 29.3 Å². The molecule has 5 nitrogen and oxygen atoms in total. The Balaban J connectivity index is 2.21. The molecule has 0 spiro atoms. The Morgan fingerprint density at radius 3 is 2.76 bits per heavy atom. The first-order chi connectivity index (χ1) is 9.99. The lowest BCUT2D eigenvalue weighted by Crippen LogP contribution is -2.39. The van der Waals surface area contributed by atoms with E-state index in [2.05, 4.69) is 0 Å². The predicted octanol–water partition coefficient (Wildman–Crippen LogP) is 1.46. The molecule has 6 heteroatoms. The molecule has 1 aliphatic carbocycles. The minimum atomic E-state index is -3.21. The zero-order valence-corrected chi connectivity index (χ0v) is 13.4. The van der Waals surface area contributed by atoms with Crippen LogP contribution in [0.1, 0.15) is 30.0 Å². The number of hydrogen-bond acceptors (Lipinski definition) is 5. The highest BCUT2D eigenvalue weighted by Gasteiger charge is 2.36. The monoisotopic (exact) mass is 313 g/mol. The number of methoxy groups -OCH3 is 2. The van der Waals surface area contributed by atoms with Crippen molar-refractivity contribution in [3.8, 4) is 5.75 Å². The summed E-state index contributed by atoms with van der Waals surface area (Å²) in [6.45, 7) is 0.450. The van der Waals surface area contributed by atoms with Gasteiger partial charge in [-0.25, -0.2) is 8.42 Å². The van der Waals surface area contributed by atoms with Crippen LogP contribution in [0.4, 0.5) is 0 Å². The van der Waals surface area contributed by atoms with Crippen LogP contribution >= 0.6 is 0 Å². The minimum absolute atomic E-state index is 0.124. The molecule has 2 unspecified atom stereocenters. The lowest BCUT2D eigenvalue weighted by atomic mass is 9.87. The van der Waals surface area contributed by atoms with E-state index in [1.54, 1.807) is 14.2 Å². The van der Waals surface area contributed by atoms with Crippen LogP contribution in [-0.2, 0) is 21.0 Å². The highest BCUT2D eigenvalue weighted by molar-refractivity contribution is 7.92. The van der Waals surface area contributed by atoms with Gasteiger partial charge in [0.05, 0.1) is 18.1 Å². The SMILES string of the molecule is COCCCS(=O)(=O)C1CCc2ccc(OC)cc2C1N. The average Bonchev–Trinajstić information content (AvgIpc) is 2.47. The van der Waals surface area contributed by atoms with Crippen LogP contribution in [0.3, 0.4) is 0 Å². The van der Waals surface area contributed by atoms with Gasteiger partial charge in [-0.2, -0.15) is 0 Å². The standard InChI is InChI=1S/C15H23NO4S/c1-19-8-3-9-21(17,18)14-7-5-11-4-6-12(20-2)10-13(11)15(14)16/h4,6,10,14-15H,3,5,7-9,16H2,1-2H3. The minimum Gasteiger partial charge on any atom is -0.497 e. The molecule has 0 bridgehead atoms. The molecular formula is C15H23NO4S. The van der Waals surface area contributed by atoms with Crippen molar-refractivity contribution in [2.24, 2.45) is 5.73 Å². The molecule has 2 rings (SSSR count). The van der Waals surface area contributed by atoms with E-state index in [0.29, 0.717) is 25.2 Å². The van der Waals surface area contributed by atoms with Gasteiger partial charge in [-0.3, -0.25) is 0 Å². The molecule has 1 aliphatic rings. The normalized spacial score (nSPS) is 21.9. The van der Waals surface area contributed by atoms with Gasteiger partial charge < -0.3 is 15.2 Å². The summed E-state index contributed by atoms with van der Waals surface area (Å²) < 4.78 is 35.1. The third kappa shape index (κ3) is 3.56. The van der Waals surface area contributed by atoms with Crippen LogP contribution in [0.25, 0.3) is 0 Å². The second kappa shape index (κ2) is 6.77. The first-order valence-electron chi connectivity index (χ1n) is 7.12. The van der Waals surface area contributed by atoms with Gasteiger partial charge in [-0.1, -0.05) is 6.07 Å². The summed E-state index contributed by atoms with van der Waals surface area (Å²) in [5, 5.41) is -0.519. The smallest absolute Gasteiger partial charge is 0.155 e. The lowest BCUT2D eigenvalue weighted by Gasteiger charge is -2.31. The number of rotatable bonds is 6. The molecule has 0 saturated heterocycles. The van der Waals surface area contributed by atoms with E-state index >= 15 is 0 Å². The molecule has 21 heavy (non-hydrogen) atoms. The van der Waals surface area contributed by atoms with Gasteiger partial charge >= 0.3 is 0 Å². The Hall–Kier alpha value is -1.11. The van der Waals surface area contributed by atoms with Crippen LogP contribution in [0.15, 0.2) is 18.2 Å². The van der Waals surface area contributed by atoms with E-state index in [1.165, 1.54) is 0 Å². The number of fused-ring (bicyclic) bond motifs is 1. The van der Waals surface area contributed by atoms with Crippen molar-refractivity contribution >= 4 is 9.84 Å². The molecule has 0 heterocycles. The van der Waals surface area contributed by atoms with E-state index < -0.39 is 21.1 Å². The number of nitrogens with two attached hydrogens (primary N) is 1. The third-order valence-electron chi connectivity index (χ3n) is 4.05. The molecular weight excluding hydrogens is 290 g/mol. The maximum Gasteiger partial charge on any atom is 0.155 e. The predicted molar refractivity (Wildman–Crippen MR) is 82.3 cm³/mol. The van der Waals surface area contributed by atoms with Gasteiger partial charge in [0.2, 0.25) is 0 Å². The third-order valence-corrected chi connectivity index (χ3v) is 6.36. The largest absolute Gasteiger partial charge is 0.497 e. The van der Waals surface area contributed by atoms with Gasteiger partial charge in [0, 0.05) is 19.8 Å². The molecule has 0 amide bonds. The maximum absolute atomic E-state index is 12.5. The van der Waals surface area contributed by atoms with Crippen molar-refractivity contribution in [2.45, 2.75) is 30.6 Å². The van der Waals surface area contributed by atoms with Crippen LogP contribution < -0.4 is 10.5 Å². The van der Waals surface area contributed by atoms with Crippen molar-refractivity contribution in [2.75, 3.05) is 26.6 Å². The molecule has 0 fully saturated rings. The Morgan fingerprint density at radius 1 is 1.33 bits per heavy atom. The summed E-state index contributed by atoms with van der Waals surface area (Å²) >= 11 is 0. The van der Waals surface area contributed by atoms with E-state index in [9.17, 15) is 8.42 Å². The first kappa shape index (κ1) is 16.3. The number of ether oxygens (including phenoxy) is 2. The summed E-state index contributed by atoms with van der Waals surface area (Å²) in [7, 11) is -0.0496. The molecule has 0 saturated carbocycles. The molecule has 0 radical (unpaired) electrons. The van der Waals surface area contributed by atoms with E-state index in [1.807, 2.05) is 18.2 Å². The van der Waals surface area contributed by atoms with Gasteiger partial charge in [-0.05, 0) is 42.5 Å². The van der Waals surface area contributed by atoms with E-state index in [4.69, 9.17) is 15.2 Å². The Kier molecular flexibility index (Phi) is 5.24. The number of aryl methyl sites for hydroxylation is 1. The average molecular weight is 313 g/mol. The van der Waals surface area contributed by atoms with Crippen LogP contribution in [0.2, 0.25) is 0 Å². The molecule has 118 valence electrons. The summed E-state index contributed by atoms with van der Waals surface area (Å²) in [4.78, 5) is 0. The van der Waals surface area contributed by atoms with Crippen molar-refractivity contribution in [3.63, 3.8) is 0 Å². The number of benzene rings is 1. The van der Waals surface area contributed by atoms with Crippen molar-refractivity contribution in [1.82, 2.24) is 0 Å². The fourth-order valence-corrected chi connectivity index (χ4v) is 4.77. The van der Waals surface area contributed by atoms with Gasteiger partial charge in [0.15, 0.2) is 9.84 Å². The number of hydrogen-bond donors (Lipinski definition) is 1. The summed E-state index contributed by atoms with van der Waals surface area (Å²) in [5.74, 6) is 0.833. The molecule has 1 aromatic carbocycles. The molecule has 0 aliphatic heterocycles. The van der Waals surface area contributed by atoms with Crippen LogP contribution in [0, 0.1) is 0 Å². The quantitative estimate of drug-likeness (QED) is 0.804. The molecule has 1 aromatic rings. The van der Waals surface area contributed by atoms with Gasteiger partial charge in [0.25, 0.3) is 0 Å². The highest BCUT2D eigenvalue weighted by Crippen LogP contribution is 2.34. The zero-order chi connectivity index (χ0) is 15.5. The maximum atomic E-state index is 12.5. The second-order valence-electron chi connectivity index (χ2n) is 5.38. The molecule has 2 atom stereocenters. The topological polar surface area (TPSA) is 78.6 Å². The molecule has 2 N–H and O–H groups in total. The van der Waals surface area contributed by atoms with E-state index in [0.717, 1.165) is 17.5 Å². The summed E-state index contributed by atoms with van der Waals surface area (Å²) in [6, 6.07) is 5.23. The number of sulfone groups is 1. The van der Waals surface area contributed by atoms with Crippen molar-refractivity contribution < 1.29 is 17.9 Å². The van der Waals surface area contributed by atoms with Crippen LogP contribution in [0.5, 0.6) is 5.75 Å². The lowest BCUT2D eigenvalue weighted by molar-refractivity contribution is 0.199. The fourth-order valence-electron chi connectivity index (χ4n) is 2.87. The summed E-state index contributed by atoms with van der Waals surface area (Å²) in [6.07, 6.45) is 1.82. The fraction of sp³-hybridized carbons (Fsp3) is 0.600. The van der Waals surface area contributed by atoms with Crippen molar-refractivity contribution in [1.29, 1.82) is 0 Å². The van der Waals surface area contributed by atoms with E-state index in [-0.39, 0.29) is 5.75 Å². The second-order valence-corrected chi connectivity index (χ2v) is 7.72. The first-order valence-corrected chi connectivity index (χ1v) is 8.84. The van der Waals surface area contributed by atoms with Gasteiger partial charge in [0.1, 0.15) is 5.75 Å². The van der Waals surface area contributed by atoms with Crippen LogP contribution in [-0.4, -0.2) is 40.2 Å². The zero-order valence-electron chi connectivity index (χ0n) is 12.5.